The quantitative estimate of drug-likeness (QED) is 0.511. The molecule has 1 aromatic heterocycles. The molecule has 0 aliphatic rings. The predicted octanol–water partition coefficient (Wildman–Crippen LogP) is 2.19. The lowest BCUT2D eigenvalue weighted by atomic mass is 10.1. The Labute approximate surface area is 125 Å². The van der Waals surface area contributed by atoms with Crippen molar-refractivity contribution < 1.29 is 9.59 Å². The number of nitrogens with two attached hydrogens (primary N) is 1. The molecule has 1 heterocycles. The fraction of sp³-hybridized carbons (Fsp3) is 0.438. The van der Waals surface area contributed by atoms with E-state index < -0.39 is 11.9 Å². The number of carbonyl (C=O) groups excluding carboxylic acids is 2. The Kier molecular flexibility index (Phi) is 7.79. The minimum Gasteiger partial charge on any atom is -0.368 e. The molecule has 0 spiro atoms. The van der Waals surface area contributed by atoms with Crippen LogP contribution in [0.5, 0.6) is 0 Å². The summed E-state index contributed by atoms with van der Waals surface area (Å²) in [6, 6.07) is 2.70. The summed E-state index contributed by atoms with van der Waals surface area (Å²) in [5, 5.41) is 2.67. The SMILES string of the molecule is C=CCCCCCC[C@H](NC(=O)c1cccnc1)C(N)=O. The van der Waals surface area contributed by atoms with Crippen molar-refractivity contribution in [2.24, 2.45) is 5.73 Å². The van der Waals surface area contributed by atoms with Gasteiger partial charge in [0.2, 0.25) is 5.91 Å². The molecule has 0 saturated carbocycles. The molecule has 0 aliphatic heterocycles. The highest BCUT2D eigenvalue weighted by atomic mass is 16.2. The monoisotopic (exact) mass is 289 g/mol. The zero-order valence-electron chi connectivity index (χ0n) is 12.3. The molecule has 1 rings (SSSR count). The molecule has 0 radical (unpaired) electrons. The summed E-state index contributed by atoms with van der Waals surface area (Å²) in [6.45, 7) is 3.68. The number of nitrogens with zero attached hydrogens (tertiary/aromatic N) is 1. The maximum absolute atomic E-state index is 12.0. The van der Waals surface area contributed by atoms with Gasteiger partial charge in [0, 0.05) is 12.4 Å². The van der Waals surface area contributed by atoms with Gasteiger partial charge in [0.15, 0.2) is 0 Å². The summed E-state index contributed by atoms with van der Waals surface area (Å²) >= 11 is 0. The molecule has 0 unspecified atom stereocenters. The van der Waals surface area contributed by atoms with E-state index in [4.69, 9.17) is 5.73 Å². The zero-order valence-corrected chi connectivity index (χ0v) is 12.3. The standard InChI is InChI=1S/C16H23N3O2/c1-2-3-4-5-6-7-10-14(15(17)20)19-16(21)13-9-8-11-18-12-13/h2,8-9,11-12,14H,1,3-7,10H2,(H2,17,20)(H,19,21)/t14-/m0/s1. The van der Waals surface area contributed by atoms with Crippen LogP contribution in [0.1, 0.15) is 48.9 Å². The number of aromatic nitrogens is 1. The minimum atomic E-state index is -0.628. The molecule has 1 aromatic rings. The third kappa shape index (κ3) is 6.70. The Balaban J connectivity index is 2.38. The largest absolute Gasteiger partial charge is 0.368 e. The molecule has 2 amide bonds. The van der Waals surface area contributed by atoms with Crippen LogP contribution >= 0.6 is 0 Å². The van der Waals surface area contributed by atoms with E-state index in [9.17, 15) is 9.59 Å². The molecule has 1 atom stereocenters. The number of nitrogens with one attached hydrogen (secondary N) is 1. The van der Waals surface area contributed by atoms with Crippen molar-refractivity contribution in [3.05, 3.63) is 42.7 Å². The number of amides is 2. The predicted molar refractivity (Wildman–Crippen MR) is 82.6 cm³/mol. The number of allylic oxidation sites excluding steroid dienone is 1. The second-order valence-corrected chi connectivity index (χ2v) is 4.95. The van der Waals surface area contributed by atoms with Crippen molar-refractivity contribution in [2.75, 3.05) is 0 Å². The maximum Gasteiger partial charge on any atom is 0.253 e. The molecule has 5 heteroatoms. The van der Waals surface area contributed by atoms with Gasteiger partial charge in [-0.2, -0.15) is 0 Å². The molecule has 0 aliphatic carbocycles. The fourth-order valence-electron chi connectivity index (χ4n) is 2.01. The van der Waals surface area contributed by atoms with Crippen molar-refractivity contribution >= 4 is 11.8 Å². The maximum atomic E-state index is 12.0. The first kappa shape index (κ1) is 16.9. The second kappa shape index (κ2) is 9.69. The third-order valence-corrected chi connectivity index (χ3v) is 3.22. The first-order valence-electron chi connectivity index (χ1n) is 7.26. The summed E-state index contributed by atoms with van der Waals surface area (Å²) in [4.78, 5) is 27.3. The highest BCUT2D eigenvalue weighted by Gasteiger charge is 2.18. The van der Waals surface area contributed by atoms with E-state index >= 15 is 0 Å². The van der Waals surface area contributed by atoms with E-state index in [1.165, 1.54) is 6.20 Å². The Morgan fingerprint density at radius 3 is 2.71 bits per heavy atom. The van der Waals surface area contributed by atoms with Crippen LogP contribution in [0.15, 0.2) is 37.2 Å². The van der Waals surface area contributed by atoms with Crippen LogP contribution in [-0.2, 0) is 4.79 Å². The molecule has 5 nitrogen and oxygen atoms in total. The summed E-state index contributed by atoms with van der Waals surface area (Å²) in [7, 11) is 0. The van der Waals surface area contributed by atoms with Gasteiger partial charge in [0.25, 0.3) is 5.91 Å². The lowest BCUT2D eigenvalue weighted by Crippen LogP contribution is -2.44. The van der Waals surface area contributed by atoms with Gasteiger partial charge in [-0.15, -0.1) is 6.58 Å². The van der Waals surface area contributed by atoms with Gasteiger partial charge in [-0.3, -0.25) is 14.6 Å². The smallest absolute Gasteiger partial charge is 0.253 e. The summed E-state index contributed by atoms with van der Waals surface area (Å²) < 4.78 is 0. The van der Waals surface area contributed by atoms with Gasteiger partial charge in [-0.05, 0) is 31.4 Å². The van der Waals surface area contributed by atoms with Crippen LogP contribution in [0.3, 0.4) is 0 Å². The highest BCUT2D eigenvalue weighted by molar-refractivity contribution is 5.96. The van der Waals surface area contributed by atoms with Crippen LogP contribution in [-0.4, -0.2) is 22.8 Å². The molecular weight excluding hydrogens is 266 g/mol. The fourth-order valence-corrected chi connectivity index (χ4v) is 2.01. The van der Waals surface area contributed by atoms with Crippen LogP contribution in [0.4, 0.5) is 0 Å². The van der Waals surface area contributed by atoms with Crippen molar-refractivity contribution in [3.63, 3.8) is 0 Å². The zero-order chi connectivity index (χ0) is 15.5. The average molecular weight is 289 g/mol. The van der Waals surface area contributed by atoms with Crippen molar-refractivity contribution in [1.82, 2.24) is 10.3 Å². The van der Waals surface area contributed by atoms with Crippen LogP contribution < -0.4 is 11.1 Å². The Bertz CT molecular complexity index is 460. The molecular formula is C16H23N3O2. The van der Waals surface area contributed by atoms with Crippen LogP contribution in [0.2, 0.25) is 0 Å². The molecule has 21 heavy (non-hydrogen) atoms. The average Bonchev–Trinajstić information content (AvgIpc) is 2.50. The molecule has 0 bridgehead atoms. The second-order valence-electron chi connectivity index (χ2n) is 4.95. The van der Waals surface area contributed by atoms with E-state index in [2.05, 4.69) is 16.9 Å². The third-order valence-electron chi connectivity index (χ3n) is 3.22. The van der Waals surface area contributed by atoms with Gasteiger partial charge in [0.1, 0.15) is 6.04 Å². The van der Waals surface area contributed by atoms with Gasteiger partial charge >= 0.3 is 0 Å². The van der Waals surface area contributed by atoms with Crippen molar-refractivity contribution in [3.8, 4) is 0 Å². The van der Waals surface area contributed by atoms with E-state index in [0.29, 0.717) is 12.0 Å². The summed E-state index contributed by atoms with van der Waals surface area (Å²) in [6.07, 6.45) is 10.6. The molecule has 0 fully saturated rings. The van der Waals surface area contributed by atoms with Gasteiger partial charge in [-0.25, -0.2) is 0 Å². The van der Waals surface area contributed by atoms with Gasteiger partial charge in [-0.1, -0.05) is 25.3 Å². The summed E-state index contributed by atoms with van der Waals surface area (Å²) in [5.41, 5.74) is 5.77. The Morgan fingerprint density at radius 1 is 1.33 bits per heavy atom. The molecule has 0 aromatic carbocycles. The van der Waals surface area contributed by atoms with Crippen molar-refractivity contribution in [2.45, 2.75) is 44.6 Å². The lowest BCUT2D eigenvalue weighted by Gasteiger charge is -2.15. The van der Waals surface area contributed by atoms with Crippen molar-refractivity contribution in [1.29, 1.82) is 0 Å². The number of hydrogen-bond acceptors (Lipinski definition) is 3. The molecule has 0 saturated heterocycles. The highest BCUT2D eigenvalue weighted by Crippen LogP contribution is 2.08. The molecule has 114 valence electrons. The summed E-state index contributed by atoms with van der Waals surface area (Å²) in [5.74, 6) is -0.822. The first-order valence-corrected chi connectivity index (χ1v) is 7.26. The number of unbranched alkanes of at least 4 members (excludes halogenated alkanes) is 4. The number of carbonyl (C=O) groups is 2. The van der Waals surface area contributed by atoms with Crippen LogP contribution in [0.25, 0.3) is 0 Å². The number of primary amides is 1. The van der Waals surface area contributed by atoms with E-state index in [0.717, 1.165) is 32.1 Å². The Hall–Kier alpha value is -2.17. The number of pyridine rings is 1. The lowest BCUT2D eigenvalue weighted by molar-refractivity contribution is -0.120. The van der Waals surface area contributed by atoms with E-state index in [-0.39, 0.29) is 5.91 Å². The van der Waals surface area contributed by atoms with Gasteiger partial charge in [0.05, 0.1) is 5.56 Å². The minimum absolute atomic E-state index is 0.321. The van der Waals surface area contributed by atoms with E-state index in [1.54, 1.807) is 18.3 Å². The topological polar surface area (TPSA) is 85.1 Å². The van der Waals surface area contributed by atoms with Gasteiger partial charge < -0.3 is 11.1 Å². The van der Waals surface area contributed by atoms with Crippen LogP contribution in [0, 0.1) is 0 Å². The first-order chi connectivity index (χ1) is 10.1. The Morgan fingerprint density at radius 2 is 2.10 bits per heavy atom. The van der Waals surface area contributed by atoms with E-state index in [1.807, 2.05) is 6.08 Å². The molecule has 3 N–H and O–H groups in total. The normalized spacial score (nSPS) is 11.6. The number of hydrogen-bond donors (Lipinski definition) is 2. The number of rotatable bonds is 10.